The van der Waals surface area contributed by atoms with Gasteiger partial charge in [-0.3, -0.25) is 0 Å². The van der Waals surface area contributed by atoms with E-state index in [-0.39, 0.29) is 5.41 Å². The van der Waals surface area contributed by atoms with Crippen LogP contribution in [-0.2, 0) is 5.41 Å². The monoisotopic (exact) mass is 652 g/mol. The maximum Gasteiger partial charge on any atom is 0.136 e. The molecule has 4 fully saturated rings. The fourth-order valence-corrected chi connectivity index (χ4v) is 12.5. The summed E-state index contributed by atoms with van der Waals surface area (Å²) in [6, 6.07) is 50.7. The molecule has 5 aliphatic rings. The van der Waals surface area contributed by atoms with E-state index in [0.717, 1.165) is 34.8 Å². The Balaban J connectivity index is 0.973. The molecular weight excluding hydrogens is 617 g/mol. The van der Waals surface area contributed by atoms with Crippen LogP contribution < -0.4 is 0 Å². The molecule has 1 heteroatoms. The van der Waals surface area contributed by atoms with E-state index in [9.17, 15) is 0 Å². The Hall–Kier alpha value is -5.40. The molecule has 0 unspecified atom stereocenters. The molecule has 0 saturated heterocycles. The van der Waals surface area contributed by atoms with Crippen LogP contribution >= 0.6 is 0 Å². The van der Waals surface area contributed by atoms with Gasteiger partial charge in [0.25, 0.3) is 0 Å². The van der Waals surface area contributed by atoms with Gasteiger partial charge in [-0.2, -0.15) is 0 Å². The molecule has 8 aromatic carbocycles. The zero-order chi connectivity index (χ0) is 33.0. The Morgan fingerprint density at radius 1 is 0.412 bits per heavy atom. The van der Waals surface area contributed by atoms with E-state index in [0.29, 0.717) is 0 Å². The van der Waals surface area contributed by atoms with Crippen molar-refractivity contribution < 1.29 is 4.42 Å². The molecule has 9 aromatic rings. The van der Waals surface area contributed by atoms with E-state index in [1.807, 2.05) is 0 Å². The molecule has 0 amide bonds. The number of rotatable bonds is 2. The van der Waals surface area contributed by atoms with Crippen LogP contribution in [-0.4, -0.2) is 0 Å². The molecule has 1 aromatic heterocycles. The molecule has 1 nitrogen and oxygen atoms in total. The molecular formula is C50H36O. The summed E-state index contributed by atoms with van der Waals surface area (Å²) in [5, 5.41) is 10.3. The second kappa shape index (κ2) is 9.47. The maximum atomic E-state index is 6.71. The smallest absolute Gasteiger partial charge is 0.136 e. The SMILES string of the molecule is c1ccc2c(c1)-c1cc(-c3cccc4oc5cc(-c6ccc7ccc8cccc9ccc6c7c89)ccc5c34)ccc1C21C2CC3CC(C2)CC1C3. The summed E-state index contributed by atoms with van der Waals surface area (Å²) in [5.41, 5.74) is 13.3. The quantitative estimate of drug-likeness (QED) is 0.169. The van der Waals surface area contributed by atoms with Crippen LogP contribution in [0.2, 0.25) is 0 Å². The predicted molar refractivity (Wildman–Crippen MR) is 212 cm³/mol. The first-order valence-corrected chi connectivity index (χ1v) is 19.1. The normalized spacial score (nSPS) is 24.5. The standard InChI is InChI=1S/C50H36O/c1-2-9-43-39(7-1)42-26-33(16-20-44(42)50(43)35-22-28-21-29(24-35)25-36(50)23-28)38-8-4-10-45-49(38)41-19-15-34(27-46(41)51-45)37-17-13-32-12-11-30-5-3-6-31-14-18-40(37)48(32)47(30)31/h1-20,26-29,35-36H,21-25H2. The van der Waals surface area contributed by atoms with Gasteiger partial charge < -0.3 is 4.42 Å². The summed E-state index contributed by atoms with van der Waals surface area (Å²) < 4.78 is 6.71. The Labute approximate surface area is 296 Å². The van der Waals surface area contributed by atoms with Gasteiger partial charge in [0.2, 0.25) is 0 Å². The third kappa shape index (κ3) is 3.39. The first-order chi connectivity index (χ1) is 25.2. The number of benzene rings is 8. The molecule has 1 spiro atoms. The molecule has 0 radical (unpaired) electrons. The highest BCUT2D eigenvalue weighted by Gasteiger charge is 2.61. The molecule has 0 atom stereocenters. The summed E-state index contributed by atoms with van der Waals surface area (Å²) in [6.45, 7) is 0. The minimum Gasteiger partial charge on any atom is -0.456 e. The minimum atomic E-state index is 0.202. The zero-order valence-electron chi connectivity index (χ0n) is 28.5. The fraction of sp³-hybridized carbons (Fsp3) is 0.200. The lowest BCUT2D eigenvalue weighted by Crippen LogP contribution is -2.55. The van der Waals surface area contributed by atoms with Gasteiger partial charge in [0.05, 0.1) is 0 Å². The highest BCUT2D eigenvalue weighted by Crippen LogP contribution is 2.69. The van der Waals surface area contributed by atoms with Gasteiger partial charge in [-0.1, -0.05) is 109 Å². The summed E-state index contributed by atoms with van der Waals surface area (Å²) in [5.74, 6) is 3.47. The Morgan fingerprint density at radius 3 is 1.90 bits per heavy atom. The third-order valence-corrected chi connectivity index (χ3v) is 14.2. The zero-order valence-corrected chi connectivity index (χ0v) is 28.5. The van der Waals surface area contributed by atoms with Crippen molar-refractivity contribution in [2.45, 2.75) is 37.5 Å². The Kier molecular flexibility index (Phi) is 5.08. The third-order valence-electron chi connectivity index (χ3n) is 14.2. The van der Waals surface area contributed by atoms with E-state index < -0.39 is 0 Å². The molecule has 1 heterocycles. The molecule has 0 N–H and O–H groups in total. The van der Waals surface area contributed by atoms with Crippen LogP contribution in [0, 0.1) is 23.7 Å². The van der Waals surface area contributed by atoms with Crippen molar-refractivity contribution in [2.24, 2.45) is 23.7 Å². The predicted octanol–water partition coefficient (Wildman–Crippen LogP) is 13.5. The van der Waals surface area contributed by atoms with Crippen molar-refractivity contribution in [3.05, 3.63) is 145 Å². The van der Waals surface area contributed by atoms with Crippen LogP contribution in [0.1, 0.15) is 43.2 Å². The average Bonchev–Trinajstić information content (AvgIpc) is 3.69. The second-order valence-electron chi connectivity index (χ2n) is 16.4. The molecule has 4 saturated carbocycles. The summed E-state index contributed by atoms with van der Waals surface area (Å²) in [7, 11) is 0. The van der Waals surface area contributed by atoms with Crippen molar-refractivity contribution in [2.75, 3.05) is 0 Å². The Bertz CT molecular complexity index is 2890. The fourth-order valence-electron chi connectivity index (χ4n) is 12.5. The van der Waals surface area contributed by atoms with E-state index in [1.165, 1.54) is 109 Å². The van der Waals surface area contributed by atoms with Gasteiger partial charge in [-0.15, -0.1) is 0 Å². The minimum absolute atomic E-state index is 0.202. The van der Waals surface area contributed by atoms with Crippen molar-refractivity contribution in [3.8, 4) is 33.4 Å². The highest BCUT2D eigenvalue weighted by molar-refractivity contribution is 6.25. The van der Waals surface area contributed by atoms with Crippen molar-refractivity contribution in [3.63, 3.8) is 0 Å². The van der Waals surface area contributed by atoms with Crippen molar-refractivity contribution in [1.82, 2.24) is 0 Å². The average molecular weight is 653 g/mol. The molecule has 51 heavy (non-hydrogen) atoms. The van der Waals surface area contributed by atoms with Crippen molar-refractivity contribution in [1.29, 1.82) is 0 Å². The maximum absolute atomic E-state index is 6.71. The molecule has 0 aliphatic heterocycles. The van der Waals surface area contributed by atoms with E-state index in [1.54, 1.807) is 11.1 Å². The van der Waals surface area contributed by atoms with Gasteiger partial charge in [0.1, 0.15) is 11.2 Å². The molecule has 4 bridgehead atoms. The number of hydrogen-bond donors (Lipinski definition) is 0. The van der Waals surface area contributed by atoms with Gasteiger partial charge in [0.15, 0.2) is 0 Å². The topological polar surface area (TPSA) is 13.1 Å². The number of fused-ring (bicyclic) bond motifs is 6. The largest absolute Gasteiger partial charge is 0.456 e. The van der Waals surface area contributed by atoms with Gasteiger partial charge in [-0.05, 0) is 157 Å². The lowest BCUT2D eigenvalue weighted by atomic mass is 9.43. The van der Waals surface area contributed by atoms with Crippen LogP contribution in [0.25, 0.3) is 87.6 Å². The van der Waals surface area contributed by atoms with E-state index in [4.69, 9.17) is 4.42 Å². The van der Waals surface area contributed by atoms with Crippen LogP contribution in [0.15, 0.2) is 138 Å². The van der Waals surface area contributed by atoms with Crippen LogP contribution in [0.4, 0.5) is 0 Å². The Morgan fingerprint density at radius 2 is 1.06 bits per heavy atom. The van der Waals surface area contributed by atoms with Crippen LogP contribution in [0.5, 0.6) is 0 Å². The van der Waals surface area contributed by atoms with Gasteiger partial charge in [0, 0.05) is 16.2 Å². The van der Waals surface area contributed by atoms with E-state index in [2.05, 4.69) is 133 Å². The molecule has 14 rings (SSSR count). The van der Waals surface area contributed by atoms with Gasteiger partial charge >= 0.3 is 0 Å². The highest BCUT2D eigenvalue weighted by atomic mass is 16.3. The van der Waals surface area contributed by atoms with E-state index >= 15 is 0 Å². The lowest BCUT2D eigenvalue weighted by Gasteiger charge is -2.61. The van der Waals surface area contributed by atoms with Crippen LogP contribution in [0.3, 0.4) is 0 Å². The first kappa shape index (κ1) is 27.3. The van der Waals surface area contributed by atoms with Crippen molar-refractivity contribution >= 4 is 54.3 Å². The second-order valence-corrected chi connectivity index (χ2v) is 16.4. The number of hydrogen-bond acceptors (Lipinski definition) is 1. The lowest BCUT2D eigenvalue weighted by molar-refractivity contribution is -0.0399. The first-order valence-electron chi connectivity index (χ1n) is 19.1. The summed E-state index contributed by atoms with van der Waals surface area (Å²) in [6.07, 6.45) is 7.15. The molecule has 5 aliphatic carbocycles. The number of furan rings is 1. The molecule has 242 valence electrons. The van der Waals surface area contributed by atoms with Gasteiger partial charge in [-0.25, -0.2) is 0 Å². The summed E-state index contributed by atoms with van der Waals surface area (Å²) in [4.78, 5) is 0. The summed E-state index contributed by atoms with van der Waals surface area (Å²) >= 11 is 0.